The molecule has 0 radical (unpaired) electrons. The van der Waals surface area contributed by atoms with Crippen molar-refractivity contribution in [2.75, 3.05) is 0 Å². The van der Waals surface area contributed by atoms with Gasteiger partial charge in [-0.2, -0.15) is 0 Å². The van der Waals surface area contributed by atoms with Gasteiger partial charge in [-0.25, -0.2) is 0 Å². The van der Waals surface area contributed by atoms with Crippen LogP contribution in [0.5, 0.6) is 0 Å². The van der Waals surface area contributed by atoms with Crippen LogP contribution in [0.1, 0.15) is 23.1 Å². The Kier molecular flexibility index (Phi) is 4.22. The van der Waals surface area contributed by atoms with Crippen LogP contribution in [0.2, 0.25) is 5.02 Å². The van der Waals surface area contributed by atoms with E-state index in [0.29, 0.717) is 0 Å². The molecule has 2 aromatic carbocycles. The normalized spacial score (nSPS) is 10.5. The molecule has 88 valence electrons. The summed E-state index contributed by atoms with van der Waals surface area (Å²) in [5.41, 5.74) is 4.22. The van der Waals surface area contributed by atoms with Gasteiger partial charge in [0.1, 0.15) is 0 Å². The highest BCUT2D eigenvalue weighted by Crippen LogP contribution is 2.14. The van der Waals surface area contributed by atoms with Gasteiger partial charge >= 0.3 is 0 Å². The molecule has 0 aliphatic carbocycles. The Morgan fingerprint density at radius 2 is 1.59 bits per heavy atom. The van der Waals surface area contributed by atoms with Crippen LogP contribution in [0.4, 0.5) is 0 Å². The first-order valence-electron chi connectivity index (χ1n) is 6.04. The van der Waals surface area contributed by atoms with Gasteiger partial charge in [-0.3, -0.25) is 0 Å². The predicted octanol–water partition coefficient (Wildman–Crippen LogP) is 4.82. The maximum atomic E-state index is 5.86. The van der Waals surface area contributed by atoms with Crippen LogP contribution in [0.3, 0.4) is 0 Å². The molecule has 0 aliphatic heterocycles. The summed E-state index contributed by atoms with van der Waals surface area (Å²) in [5, 5.41) is 0.813. The summed E-state index contributed by atoms with van der Waals surface area (Å²) in [6, 6.07) is 16.8. The fourth-order valence-electron chi connectivity index (χ4n) is 2.02. The van der Waals surface area contributed by atoms with E-state index >= 15 is 0 Å². The van der Waals surface area contributed by atoms with Crippen molar-refractivity contribution >= 4 is 11.6 Å². The number of rotatable bonds is 4. The van der Waals surface area contributed by atoms with E-state index in [1.807, 2.05) is 12.1 Å². The molecule has 0 saturated carbocycles. The average molecular weight is 245 g/mol. The first kappa shape index (κ1) is 12.2. The zero-order chi connectivity index (χ0) is 12.1. The van der Waals surface area contributed by atoms with Crippen LogP contribution in [-0.2, 0) is 12.8 Å². The highest BCUT2D eigenvalue weighted by atomic mass is 35.5. The van der Waals surface area contributed by atoms with Crippen molar-refractivity contribution in [2.24, 2.45) is 0 Å². The fraction of sp³-hybridized carbons (Fsp3) is 0.250. The third-order valence-corrected chi connectivity index (χ3v) is 3.34. The first-order chi connectivity index (χ1) is 8.25. The molecule has 2 rings (SSSR count). The second-order valence-electron chi connectivity index (χ2n) is 4.41. The topological polar surface area (TPSA) is 0 Å². The van der Waals surface area contributed by atoms with Gasteiger partial charge in [0.05, 0.1) is 0 Å². The van der Waals surface area contributed by atoms with Gasteiger partial charge < -0.3 is 0 Å². The number of aryl methyl sites for hydroxylation is 3. The summed E-state index contributed by atoms with van der Waals surface area (Å²) in [6.45, 7) is 2.18. The van der Waals surface area contributed by atoms with E-state index in [2.05, 4.69) is 43.3 Å². The van der Waals surface area contributed by atoms with Crippen LogP contribution in [-0.4, -0.2) is 0 Å². The van der Waals surface area contributed by atoms with Gasteiger partial charge in [-0.1, -0.05) is 48.0 Å². The third-order valence-electron chi connectivity index (χ3n) is 3.09. The molecule has 2 aromatic rings. The van der Waals surface area contributed by atoms with Gasteiger partial charge in [0.15, 0.2) is 0 Å². The highest BCUT2D eigenvalue weighted by molar-refractivity contribution is 6.30. The minimum atomic E-state index is 0.813. The molecule has 0 amide bonds. The molecule has 0 atom stereocenters. The summed E-state index contributed by atoms with van der Waals surface area (Å²) < 4.78 is 0. The lowest BCUT2D eigenvalue weighted by Crippen LogP contribution is -1.92. The minimum Gasteiger partial charge on any atom is -0.0843 e. The minimum absolute atomic E-state index is 0.813. The third kappa shape index (κ3) is 3.61. The van der Waals surface area contributed by atoms with E-state index in [-0.39, 0.29) is 0 Å². The molecule has 0 spiro atoms. The Morgan fingerprint density at radius 3 is 2.29 bits per heavy atom. The number of benzene rings is 2. The van der Waals surface area contributed by atoms with Crippen LogP contribution >= 0.6 is 11.6 Å². The smallest absolute Gasteiger partial charge is 0.0406 e. The molecule has 0 N–H and O–H groups in total. The second-order valence-corrected chi connectivity index (χ2v) is 4.84. The zero-order valence-electron chi connectivity index (χ0n) is 10.1. The molecule has 0 saturated heterocycles. The van der Waals surface area contributed by atoms with E-state index < -0.39 is 0 Å². The maximum Gasteiger partial charge on any atom is 0.0406 e. The molecule has 0 unspecified atom stereocenters. The summed E-state index contributed by atoms with van der Waals surface area (Å²) in [6.07, 6.45) is 3.45. The molecule has 0 nitrogen and oxygen atoms in total. The fourth-order valence-corrected chi connectivity index (χ4v) is 2.15. The van der Waals surface area contributed by atoms with Crippen molar-refractivity contribution in [1.29, 1.82) is 0 Å². The van der Waals surface area contributed by atoms with Crippen LogP contribution in [0.15, 0.2) is 48.5 Å². The van der Waals surface area contributed by atoms with E-state index in [1.54, 1.807) is 0 Å². The second kappa shape index (κ2) is 5.88. The summed E-state index contributed by atoms with van der Waals surface area (Å²) in [5.74, 6) is 0. The lowest BCUT2D eigenvalue weighted by atomic mass is 10.0. The molecule has 0 aromatic heterocycles. The SMILES string of the molecule is Cc1ccccc1CCCc1ccc(Cl)cc1. The predicted molar refractivity (Wildman–Crippen MR) is 74.7 cm³/mol. The lowest BCUT2D eigenvalue weighted by Gasteiger charge is -2.05. The Hall–Kier alpha value is -1.27. The van der Waals surface area contributed by atoms with Crippen molar-refractivity contribution in [3.05, 3.63) is 70.2 Å². The van der Waals surface area contributed by atoms with Gasteiger partial charge in [0.2, 0.25) is 0 Å². The van der Waals surface area contributed by atoms with Crippen LogP contribution in [0, 0.1) is 6.92 Å². The van der Waals surface area contributed by atoms with E-state index in [9.17, 15) is 0 Å². The van der Waals surface area contributed by atoms with Gasteiger partial charge in [-0.05, 0) is 55.0 Å². The van der Waals surface area contributed by atoms with Crippen LogP contribution < -0.4 is 0 Å². The van der Waals surface area contributed by atoms with Crippen molar-refractivity contribution in [3.63, 3.8) is 0 Å². The largest absolute Gasteiger partial charge is 0.0843 e. The number of hydrogen-bond acceptors (Lipinski definition) is 0. The average Bonchev–Trinajstić information content (AvgIpc) is 2.34. The molecule has 0 fully saturated rings. The zero-order valence-corrected chi connectivity index (χ0v) is 10.9. The van der Waals surface area contributed by atoms with Crippen molar-refractivity contribution in [1.82, 2.24) is 0 Å². The van der Waals surface area contributed by atoms with Gasteiger partial charge in [0, 0.05) is 5.02 Å². The Morgan fingerprint density at radius 1 is 0.882 bits per heavy atom. The van der Waals surface area contributed by atoms with E-state index in [0.717, 1.165) is 17.9 Å². The molecular formula is C16H17Cl. The number of hydrogen-bond donors (Lipinski definition) is 0. The van der Waals surface area contributed by atoms with E-state index in [1.165, 1.54) is 23.1 Å². The molecule has 0 heterocycles. The van der Waals surface area contributed by atoms with E-state index in [4.69, 9.17) is 11.6 Å². The Balaban J connectivity index is 1.88. The monoisotopic (exact) mass is 244 g/mol. The Labute approximate surface area is 108 Å². The van der Waals surface area contributed by atoms with Crippen LogP contribution in [0.25, 0.3) is 0 Å². The standard InChI is InChI=1S/C16H17Cl/c1-13-5-2-3-7-15(13)8-4-6-14-9-11-16(17)12-10-14/h2-3,5,7,9-12H,4,6,8H2,1H3. The summed E-state index contributed by atoms with van der Waals surface area (Å²) in [7, 11) is 0. The highest BCUT2D eigenvalue weighted by Gasteiger charge is 1.98. The van der Waals surface area contributed by atoms with Crippen molar-refractivity contribution in [2.45, 2.75) is 26.2 Å². The molecule has 0 bridgehead atoms. The Bertz CT molecular complexity index is 471. The summed E-state index contributed by atoms with van der Waals surface area (Å²) >= 11 is 5.86. The van der Waals surface area contributed by atoms with Crippen molar-refractivity contribution in [3.8, 4) is 0 Å². The lowest BCUT2D eigenvalue weighted by molar-refractivity contribution is 0.816. The van der Waals surface area contributed by atoms with Crippen molar-refractivity contribution < 1.29 is 0 Å². The van der Waals surface area contributed by atoms with Gasteiger partial charge in [-0.15, -0.1) is 0 Å². The van der Waals surface area contributed by atoms with Gasteiger partial charge in [0.25, 0.3) is 0 Å². The summed E-state index contributed by atoms with van der Waals surface area (Å²) in [4.78, 5) is 0. The quantitative estimate of drug-likeness (QED) is 0.723. The number of halogens is 1. The maximum absolute atomic E-state index is 5.86. The molecule has 17 heavy (non-hydrogen) atoms. The molecule has 1 heteroatoms. The molecular weight excluding hydrogens is 228 g/mol. The first-order valence-corrected chi connectivity index (χ1v) is 6.42. The molecule has 0 aliphatic rings.